The summed E-state index contributed by atoms with van der Waals surface area (Å²) in [5.41, 5.74) is 1.92. The molecule has 4 atom stereocenters. The minimum atomic E-state index is -0.0452. The predicted octanol–water partition coefficient (Wildman–Crippen LogP) is 2.63. The zero-order valence-electron chi connectivity index (χ0n) is 15.0. The van der Waals surface area contributed by atoms with Gasteiger partial charge in [0.25, 0.3) is 0 Å². The summed E-state index contributed by atoms with van der Waals surface area (Å²) in [5, 5.41) is 28.0. The first-order valence-corrected chi connectivity index (χ1v) is 9.17. The normalized spacial score (nSPS) is 34.5. The first-order chi connectivity index (χ1) is 11.5. The van der Waals surface area contributed by atoms with E-state index >= 15 is 0 Å². The maximum atomic E-state index is 12.6. The van der Waals surface area contributed by atoms with Crippen LogP contribution < -0.4 is 0 Å². The van der Waals surface area contributed by atoms with Crippen molar-refractivity contribution in [2.75, 3.05) is 19.8 Å². The second-order valence-electron chi connectivity index (χ2n) is 7.80. The first-order valence-electron chi connectivity index (χ1n) is 9.17. The molecular weight excluding hydrogens is 304 g/mol. The van der Waals surface area contributed by atoms with E-state index in [-0.39, 0.29) is 31.2 Å². The van der Waals surface area contributed by atoms with Crippen LogP contribution in [-0.2, 0) is 4.79 Å². The second-order valence-corrected chi connectivity index (χ2v) is 7.80. The van der Waals surface area contributed by atoms with Gasteiger partial charge >= 0.3 is 0 Å². The van der Waals surface area contributed by atoms with Crippen molar-refractivity contribution in [2.45, 2.75) is 52.4 Å². The Balaban J connectivity index is 2.21. The highest BCUT2D eigenvalue weighted by Gasteiger charge is 2.49. The number of Topliss-reactive ketones (excluding diaryl/α,β-unsaturated/α-hetero) is 1. The third-order valence-electron chi connectivity index (χ3n) is 6.54. The SMILES string of the molecule is C[C@@H]1CC(=O)[C@@H]2CC(CO)=CCC[C@H]2[C@@]1(C)CC/C(=C/CO)CO. The predicted molar refractivity (Wildman–Crippen MR) is 94.4 cm³/mol. The standard InChI is InChI=1S/C20H32O4/c1-14-10-19(24)17-11-16(13-23)4-3-5-18(17)20(14,2)8-6-15(12-22)7-9-21/h4,7,14,17-18,21-23H,3,5-6,8-13H2,1-2H3/b15-7-/t14-,17-,18-,20+/m1/s1. The molecule has 0 aromatic carbocycles. The van der Waals surface area contributed by atoms with E-state index in [0.717, 1.165) is 36.8 Å². The van der Waals surface area contributed by atoms with Crippen LogP contribution in [0.1, 0.15) is 52.4 Å². The molecule has 4 heteroatoms. The van der Waals surface area contributed by atoms with Crippen LogP contribution >= 0.6 is 0 Å². The van der Waals surface area contributed by atoms with Gasteiger partial charge in [0.15, 0.2) is 0 Å². The molecule has 3 N–H and O–H groups in total. The highest BCUT2D eigenvalue weighted by molar-refractivity contribution is 5.83. The smallest absolute Gasteiger partial charge is 0.136 e. The van der Waals surface area contributed by atoms with Crippen molar-refractivity contribution in [1.82, 2.24) is 0 Å². The molecule has 0 bridgehead atoms. The number of fused-ring (bicyclic) bond motifs is 1. The number of rotatable bonds is 6. The molecule has 24 heavy (non-hydrogen) atoms. The van der Waals surface area contributed by atoms with Crippen LogP contribution in [0.4, 0.5) is 0 Å². The fourth-order valence-corrected chi connectivity index (χ4v) is 4.72. The van der Waals surface area contributed by atoms with Crippen molar-refractivity contribution in [2.24, 2.45) is 23.2 Å². The van der Waals surface area contributed by atoms with Gasteiger partial charge in [-0.05, 0) is 60.5 Å². The van der Waals surface area contributed by atoms with E-state index in [9.17, 15) is 15.0 Å². The van der Waals surface area contributed by atoms with Gasteiger partial charge in [0.05, 0.1) is 19.8 Å². The van der Waals surface area contributed by atoms with Crippen LogP contribution in [0.25, 0.3) is 0 Å². The topological polar surface area (TPSA) is 77.8 Å². The van der Waals surface area contributed by atoms with E-state index in [4.69, 9.17) is 5.11 Å². The van der Waals surface area contributed by atoms with E-state index in [1.54, 1.807) is 6.08 Å². The Hall–Kier alpha value is -0.970. The van der Waals surface area contributed by atoms with Crippen LogP contribution in [0.2, 0.25) is 0 Å². The van der Waals surface area contributed by atoms with Crippen LogP contribution in [0.15, 0.2) is 23.3 Å². The lowest BCUT2D eigenvalue weighted by Gasteiger charge is -2.50. The summed E-state index contributed by atoms with van der Waals surface area (Å²) in [6.45, 7) is 4.45. The van der Waals surface area contributed by atoms with Gasteiger partial charge in [-0.3, -0.25) is 4.79 Å². The lowest BCUT2D eigenvalue weighted by molar-refractivity contribution is -0.136. The van der Waals surface area contributed by atoms with Crippen molar-refractivity contribution >= 4 is 5.78 Å². The Kier molecular flexibility index (Phi) is 6.79. The summed E-state index contributed by atoms with van der Waals surface area (Å²) in [5.74, 6) is 1.00. The second kappa shape index (κ2) is 8.41. The average Bonchev–Trinajstić information content (AvgIpc) is 2.80. The largest absolute Gasteiger partial charge is 0.392 e. The fourth-order valence-electron chi connectivity index (χ4n) is 4.72. The van der Waals surface area contributed by atoms with Gasteiger partial charge in [0.2, 0.25) is 0 Å². The molecule has 0 amide bonds. The molecule has 2 aliphatic carbocycles. The Morgan fingerprint density at radius 1 is 1.33 bits per heavy atom. The molecule has 1 saturated carbocycles. The van der Waals surface area contributed by atoms with E-state index < -0.39 is 0 Å². The highest BCUT2D eigenvalue weighted by atomic mass is 16.3. The zero-order valence-corrected chi connectivity index (χ0v) is 15.0. The average molecular weight is 336 g/mol. The summed E-state index contributed by atoms with van der Waals surface area (Å²) in [6, 6.07) is 0. The molecule has 0 unspecified atom stereocenters. The van der Waals surface area contributed by atoms with E-state index in [2.05, 4.69) is 19.9 Å². The lowest BCUT2D eigenvalue weighted by Crippen LogP contribution is -2.47. The molecule has 0 spiro atoms. The van der Waals surface area contributed by atoms with Crippen molar-refractivity contribution in [3.63, 3.8) is 0 Å². The molecular formula is C20H32O4. The molecule has 4 nitrogen and oxygen atoms in total. The molecule has 2 rings (SSSR count). The highest BCUT2D eigenvalue weighted by Crippen LogP contribution is 2.54. The van der Waals surface area contributed by atoms with Gasteiger partial charge in [-0.15, -0.1) is 0 Å². The van der Waals surface area contributed by atoms with Gasteiger partial charge < -0.3 is 15.3 Å². The third kappa shape index (κ3) is 3.98. The van der Waals surface area contributed by atoms with E-state index in [1.165, 1.54) is 0 Å². The number of ketones is 1. The summed E-state index contributed by atoms with van der Waals surface area (Å²) in [7, 11) is 0. The van der Waals surface area contributed by atoms with Crippen LogP contribution in [0, 0.1) is 23.2 Å². The zero-order chi connectivity index (χ0) is 17.7. The minimum absolute atomic E-state index is 0.0196. The number of hydrogen-bond donors (Lipinski definition) is 3. The third-order valence-corrected chi connectivity index (χ3v) is 6.54. The number of carbonyl (C=O) groups is 1. The Morgan fingerprint density at radius 2 is 2.08 bits per heavy atom. The Labute approximate surface area is 145 Å². The van der Waals surface area contributed by atoms with Gasteiger partial charge in [0, 0.05) is 12.3 Å². The monoisotopic (exact) mass is 336 g/mol. The number of allylic oxidation sites excluding steroid dienone is 1. The van der Waals surface area contributed by atoms with Gasteiger partial charge in [-0.2, -0.15) is 0 Å². The molecule has 0 aromatic rings. The lowest BCUT2D eigenvalue weighted by atomic mass is 9.54. The van der Waals surface area contributed by atoms with Crippen LogP contribution in [0.3, 0.4) is 0 Å². The summed E-state index contributed by atoms with van der Waals surface area (Å²) >= 11 is 0. The summed E-state index contributed by atoms with van der Waals surface area (Å²) in [6.07, 6.45) is 8.69. The quantitative estimate of drug-likeness (QED) is 0.652. The van der Waals surface area contributed by atoms with E-state index in [1.807, 2.05) is 0 Å². The molecule has 0 saturated heterocycles. The molecule has 0 radical (unpaired) electrons. The van der Waals surface area contributed by atoms with Crippen LogP contribution in [0.5, 0.6) is 0 Å². The number of hydrogen-bond acceptors (Lipinski definition) is 4. The maximum Gasteiger partial charge on any atom is 0.136 e. The maximum absolute atomic E-state index is 12.6. The number of aliphatic hydroxyl groups excluding tert-OH is 3. The van der Waals surface area contributed by atoms with Crippen molar-refractivity contribution in [3.05, 3.63) is 23.3 Å². The molecule has 0 aromatic heterocycles. The number of carbonyl (C=O) groups excluding carboxylic acids is 1. The first kappa shape index (κ1) is 19.4. The fraction of sp³-hybridized carbons (Fsp3) is 0.750. The van der Waals surface area contributed by atoms with Crippen molar-refractivity contribution < 1.29 is 20.1 Å². The van der Waals surface area contributed by atoms with Gasteiger partial charge in [-0.1, -0.05) is 26.0 Å². The molecule has 0 aliphatic heterocycles. The Bertz CT molecular complexity index is 508. The molecule has 0 heterocycles. The van der Waals surface area contributed by atoms with Crippen molar-refractivity contribution in [1.29, 1.82) is 0 Å². The van der Waals surface area contributed by atoms with Crippen molar-refractivity contribution in [3.8, 4) is 0 Å². The minimum Gasteiger partial charge on any atom is -0.392 e. The van der Waals surface area contributed by atoms with Gasteiger partial charge in [0.1, 0.15) is 5.78 Å². The van der Waals surface area contributed by atoms with E-state index in [0.29, 0.717) is 30.5 Å². The molecule has 136 valence electrons. The number of aliphatic hydroxyl groups is 3. The van der Waals surface area contributed by atoms with Crippen LogP contribution in [-0.4, -0.2) is 40.9 Å². The molecule has 2 aliphatic rings. The molecule has 1 fully saturated rings. The summed E-state index contributed by atoms with van der Waals surface area (Å²) < 4.78 is 0. The Morgan fingerprint density at radius 3 is 2.71 bits per heavy atom. The van der Waals surface area contributed by atoms with Gasteiger partial charge in [-0.25, -0.2) is 0 Å². The summed E-state index contributed by atoms with van der Waals surface area (Å²) in [4.78, 5) is 12.6.